The number of hydrogen-bond acceptors (Lipinski definition) is 3. The Morgan fingerprint density at radius 2 is 2.17 bits per heavy atom. The maximum atomic E-state index is 12.6. The lowest BCUT2D eigenvalue weighted by molar-refractivity contribution is 0.128. The molecular formula is C18H23N5O. The van der Waals surface area contributed by atoms with Crippen LogP contribution >= 0.6 is 0 Å². The second kappa shape index (κ2) is 6.63. The van der Waals surface area contributed by atoms with Crippen molar-refractivity contribution < 1.29 is 4.79 Å². The summed E-state index contributed by atoms with van der Waals surface area (Å²) in [6, 6.07) is 8.55. The molecule has 126 valence electrons. The molecule has 0 unspecified atom stereocenters. The van der Waals surface area contributed by atoms with Crippen molar-refractivity contribution in [2.75, 3.05) is 6.54 Å². The number of piperidine rings is 1. The van der Waals surface area contributed by atoms with E-state index < -0.39 is 0 Å². The van der Waals surface area contributed by atoms with E-state index in [9.17, 15) is 4.79 Å². The number of hydrogen-bond donors (Lipinski definition) is 1. The Kier molecular flexibility index (Phi) is 4.19. The molecule has 1 N–H and O–H groups in total. The van der Waals surface area contributed by atoms with Crippen molar-refractivity contribution >= 4 is 6.03 Å². The fourth-order valence-corrected chi connectivity index (χ4v) is 4.14. The van der Waals surface area contributed by atoms with Gasteiger partial charge in [0.1, 0.15) is 12.7 Å². The van der Waals surface area contributed by atoms with Crippen LogP contribution in [-0.4, -0.2) is 38.3 Å². The van der Waals surface area contributed by atoms with Crippen molar-refractivity contribution in [3.05, 3.63) is 42.5 Å². The van der Waals surface area contributed by atoms with Crippen LogP contribution in [0.5, 0.6) is 0 Å². The van der Waals surface area contributed by atoms with E-state index in [1.807, 2.05) is 24.3 Å². The van der Waals surface area contributed by atoms with Gasteiger partial charge in [-0.3, -0.25) is 0 Å². The standard InChI is InChI=1S/C18H23N5O/c24-18(22-9-3-6-15-5-2-8-17(15)22)20-11-14-4-1-7-16(10-14)23-13-19-12-21-23/h1,4,7,10,12-13,15,17H,2-3,5-6,8-9,11H2,(H,20,24)/t15-,17+/m1/s1. The fraction of sp³-hybridized carbons (Fsp3) is 0.500. The molecule has 0 bridgehead atoms. The van der Waals surface area contributed by atoms with E-state index in [1.165, 1.54) is 32.0 Å². The Hall–Kier alpha value is -2.37. The van der Waals surface area contributed by atoms with Gasteiger partial charge < -0.3 is 10.2 Å². The third-order valence-electron chi connectivity index (χ3n) is 5.29. The first-order valence-electron chi connectivity index (χ1n) is 8.80. The molecule has 1 aromatic carbocycles. The zero-order valence-electron chi connectivity index (χ0n) is 13.8. The first-order valence-corrected chi connectivity index (χ1v) is 8.80. The van der Waals surface area contributed by atoms with E-state index in [1.54, 1.807) is 11.0 Å². The zero-order chi connectivity index (χ0) is 16.4. The molecule has 6 heteroatoms. The van der Waals surface area contributed by atoms with Gasteiger partial charge in [0.15, 0.2) is 0 Å². The molecule has 0 radical (unpaired) electrons. The summed E-state index contributed by atoms with van der Waals surface area (Å²) in [6.07, 6.45) is 9.33. The molecule has 2 amide bonds. The number of nitrogens with one attached hydrogen (secondary N) is 1. The summed E-state index contributed by atoms with van der Waals surface area (Å²) in [4.78, 5) is 18.7. The molecule has 4 rings (SSSR count). The van der Waals surface area contributed by atoms with E-state index >= 15 is 0 Å². The molecule has 1 saturated heterocycles. The molecule has 1 saturated carbocycles. The molecule has 2 aliphatic rings. The number of aromatic nitrogens is 3. The van der Waals surface area contributed by atoms with Crippen LogP contribution in [-0.2, 0) is 6.54 Å². The molecule has 1 aromatic heterocycles. The van der Waals surface area contributed by atoms with Gasteiger partial charge in [-0.15, -0.1) is 0 Å². The largest absolute Gasteiger partial charge is 0.334 e. The van der Waals surface area contributed by atoms with Crippen molar-refractivity contribution in [1.82, 2.24) is 25.0 Å². The molecule has 6 nitrogen and oxygen atoms in total. The van der Waals surface area contributed by atoms with Gasteiger partial charge >= 0.3 is 6.03 Å². The number of carbonyl (C=O) groups is 1. The SMILES string of the molecule is O=C(NCc1cccc(-n2cncn2)c1)N1CCC[C@H]2CCC[C@@H]21. The fourth-order valence-electron chi connectivity index (χ4n) is 4.14. The number of likely N-dealkylation sites (tertiary alicyclic amines) is 1. The van der Waals surface area contributed by atoms with E-state index in [4.69, 9.17) is 0 Å². The van der Waals surface area contributed by atoms with E-state index in [2.05, 4.69) is 20.3 Å². The monoisotopic (exact) mass is 325 g/mol. The third-order valence-corrected chi connectivity index (χ3v) is 5.29. The van der Waals surface area contributed by atoms with Crippen molar-refractivity contribution in [2.24, 2.45) is 5.92 Å². The van der Waals surface area contributed by atoms with Gasteiger partial charge in [0, 0.05) is 19.1 Å². The Labute approximate surface area is 141 Å². The summed E-state index contributed by atoms with van der Waals surface area (Å²) < 4.78 is 1.72. The van der Waals surface area contributed by atoms with E-state index in [-0.39, 0.29) is 6.03 Å². The number of fused-ring (bicyclic) bond motifs is 1. The topological polar surface area (TPSA) is 63.1 Å². The Bertz CT molecular complexity index is 699. The summed E-state index contributed by atoms with van der Waals surface area (Å²) in [5.74, 6) is 0.722. The maximum absolute atomic E-state index is 12.6. The summed E-state index contributed by atoms with van der Waals surface area (Å²) >= 11 is 0. The molecule has 0 spiro atoms. The smallest absolute Gasteiger partial charge is 0.317 e. The van der Waals surface area contributed by atoms with Gasteiger partial charge in [0.25, 0.3) is 0 Å². The Balaban J connectivity index is 1.40. The summed E-state index contributed by atoms with van der Waals surface area (Å²) in [7, 11) is 0. The molecule has 2 atom stereocenters. The lowest BCUT2D eigenvalue weighted by atomic mass is 9.92. The van der Waals surface area contributed by atoms with Crippen LogP contribution in [0.15, 0.2) is 36.9 Å². The van der Waals surface area contributed by atoms with E-state index in [0.717, 1.165) is 30.1 Å². The molecule has 2 aromatic rings. The highest BCUT2D eigenvalue weighted by atomic mass is 16.2. The van der Waals surface area contributed by atoms with Crippen molar-refractivity contribution in [2.45, 2.75) is 44.7 Å². The molecular weight excluding hydrogens is 302 g/mol. The van der Waals surface area contributed by atoms with Crippen LogP contribution < -0.4 is 5.32 Å². The summed E-state index contributed by atoms with van der Waals surface area (Å²) in [5.41, 5.74) is 2.02. The molecule has 2 fully saturated rings. The van der Waals surface area contributed by atoms with Gasteiger partial charge in [0.2, 0.25) is 0 Å². The number of amides is 2. The van der Waals surface area contributed by atoms with Gasteiger partial charge in [-0.25, -0.2) is 14.5 Å². The number of benzene rings is 1. The van der Waals surface area contributed by atoms with Crippen LogP contribution in [0.3, 0.4) is 0 Å². The Morgan fingerprint density at radius 1 is 1.25 bits per heavy atom. The highest BCUT2D eigenvalue weighted by Crippen LogP contribution is 2.36. The minimum absolute atomic E-state index is 0.0813. The van der Waals surface area contributed by atoms with Crippen LogP contribution in [0.1, 0.15) is 37.7 Å². The van der Waals surface area contributed by atoms with Crippen molar-refractivity contribution in [1.29, 1.82) is 0 Å². The predicted octanol–water partition coefficient (Wildman–Crippen LogP) is 2.74. The van der Waals surface area contributed by atoms with Crippen LogP contribution in [0.25, 0.3) is 5.69 Å². The lowest BCUT2D eigenvalue weighted by Crippen LogP contribution is -2.50. The van der Waals surface area contributed by atoms with Gasteiger partial charge in [0.05, 0.1) is 5.69 Å². The third kappa shape index (κ3) is 3.00. The van der Waals surface area contributed by atoms with Crippen LogP contribution in [0, 0.1) is 5.92 Å². The summed E-state index contributed by atoms with van der Waals surface area (Å²) in [6.45, 7) is 1.43. The number of urea groups is 1. The second-order valence-corrected chi connectivity index (χ2v) is 6.76. The average molecular weight is 325 g/mol. The number of nitrogens with zero attached hydrogens (tertiary/aromatic N) is 4. The molecule has 1 aliphatic heterocycles. The number of carbonyl (C=O) groups excluding carboxylic acids is 1. The maximum Gasteiger partial charge on any atom is 0.317 e. The minimum atomic E-state index is 0.0813. The van der Waals surface area contributed by atoms with Gasteiger partial charge in [-0.05, 0) is 49.3 Å². The first-order chi connectivity index (χ1) is 11.8. The zero-order valence-corrected chi connectivity index (χ0v) is 13.8. The highest BCUT2D eigenvalue weighted by molar-refractivity contribution is 5.74. The van der Waals surface area contributed by atoms with Crippen LogP contribution in [0.2, 0.25) is 0 Å². The highest BCUT2D eigenvalue weighted by Gasteiger charge is 2.37. The molecule has 24 heavy (non-hydrogen) atoms. The van der Waals surface area contributed by atoms with Gasteiger partial charge in [-0.2, -0.15) is 5.10 Å². The molecule has 2 heterocycles. The minimum Gasteiger partial charge on any atom is -0.334 e. The van der Waals surface area contributed by atoms with Crippen molar-refractivity contribution in [3.8, 4) is 5.69 Å². The van der Waals surface area contributed by atoms with Crippen molar-refractivity contribution in [3.63, 3.8) is 0 Å². The predicted molar refractivity (Wildman–Crippen MR) is 90.7 cm³/mol. The quantitative estimate of drug-likeness (QED) is 0.944. The Morgan fingerprint density at radius 3 is 3.04 bits per heavy atom. The second-order valence-electron chi connectivity index (χ2n) is 6.76. The first kappa shape index (κ1) is 15.2. The molecule has 1 aliphatic carbocycles. The summed E-state index contributed by atoms with van der Waals surface area (Å²) in [5, 5.41) is 7.24. The normalized spacial score (nSPS) is 23.1. The lowest BCUT2D eigenvalue weighted by Gasteiger charge is -2.37. The van der Waals surface area contributed by atoms with Gasteiger partial charge in [-0.1, -0.05) is 18.6 Å². The average Bonchev–Trinajstić information content (AvgIpc) is 3.30. The number of rotatable bonds is 3. The van der Waals surface area contributed by atoms with Crippen LogP contribution in [0.4, 0.5) is 4.79 Å². The van der Waals surface area contributed by atoms with E-state index in [0.29, 0.717) is 12.6 Å².